The molecular weight excluding hydrogens is 504 g/mol. The number of hydrogen-bond donors (Lipinski definition) is 2. The highest BCUT2D eigenvalue weighted by atomic mass is 16.5. The highest BCUT2D eigenvalue weighted by Crippen LogP contribution is 2.36. The van der Waals surface area contributed by atoms with Crippen molar-refractivity contribution >= 4 is 17.7 Å². The molecule has 1 aliphatic rings. The van der Waals surface area contributed by atoms with Crippen molar-refractivity contribution in [2.75, 3.05) is 19.8 Å². The lowest BCUT2D eigenvalue weighted by Crippen LogP contribution is -2.20. The molecule has 1 aliphatic heterocycles. The number of hydrogen-bond acceptors (Lipinski definition) is 7. The van der Waals surface area contributed by atoms with Gasteiger partial charge in [0.05, 0.1) is 25.4 Å². The number of carbonyl (C=O) groups is 3. The van der Waals surface area contributed by atoms with Gasteiger partial charge in [0.25, 0.3) is 0 Å². The van der Waals surface area contributed by atoms with Gasteiger partial charge in [-0.1, -0.05) is 20.3 Å². The molecule has 1 atom stereocenters. The SMILES string of the molecule is CCCc1c(OCCC(CC)Oc2ccc(OCCCC(=O)O)cc2CCC(=O)O)ccc2c1OCCC2=O. The molecule has 3 rings (SSSR count). The number of carboxylic acids is 2. The maximum atomic E-state index is 12.3. The van der Waals surface area contributed by atoms with Crippen LogP contribution in [0.5, 0.6) is 23.0 Å². The molecule has 212 valence electrons. The number of ketones is 1. The quantitative estimate of drug-likeness (QED) is 0.249. The van der Waals surface area contributed by atoms with Gasteiger partial charge in [-0.05, 0) is 61.6 Å². The second-order valence-corrected chi connectivity index (χ2v) is 9.48. The lowest BCUT2D eigenvalue weighted by Gasteiger charge is -2.23. The zero-order valence-electron chi connectivity index (χ0n) is 22.7. The first-order valence-electron chi connectivity index (χ1n) is 13.6. The third kappa shape index (κ3) is 8.90. The lowest BCUT2D eigenvalue weighted by molar-refractivity contribution is -0.138. The fourth-order valence-corrected chi connectivity index (χ4v) is 4.43. The molecule has 0 radical (unpaired) electrons. The topological polar surface area (TPSA) is 129 Å². The number of aliphatic carboxylic acids is 2. The number of aryl methyl sites for hydroxylation is 1. The number of carbonyl (C=O) groups excluding carboxylic acids is 1. The monoisotopic (exact) mass is 542 g/mol. The summed E-state index contributed by atoms with van der Waals surface area (Å²) in [4.78, 5) is 34.2. The van der Waals surface area contributed by atoms with Crippen molar-refractivity contribution in [2.45, 2.75) is 77.7 Å². The first-order chi connectivity index (χ1) is 18.8. The molecule has 0 amide bonds. The van der Waals surface area contributed by atoms with Crippen molar-refractivity contribution in [3.63, 3.8) is 0 Å². The smallest absolute Gasteiger partial charge is 0.303 e. The first kappa shape index (κ1) is 29.8. The molecule has 0 aliphatic carbocycles. The van der Waals surface area contributed by atoms with Crippen molar-refractivity contribution in [3.8, 4) is 23.0 Å². The Balaban J connectivity index is 1.65. The Kier molecular flexibility index (Phi) is 11.5. The van der Waals surface area contributed by atoms with E-state index < -0.39 is 11.9 Å². The molecule has 39 heavy (non-hydrogen) atoms. The lowest BCUT2D eigenvalue weighted by atomic mass is 9.98. The van der Waals surface area contributed by atoms with Gasteiger partial charge in [0.2, 0.25) is 0 Å². The largest absolute Gasteiger partial charge is 0.494 e. The minimum atomic E-state index is -0.909. The highest BCUT2D eigenvalue weighted by molar-refractivity contribution is 6.00. The summed E-state index contributed by atoms with van der Waals surface area (Å²) in [6, 6.07) is 8.89. The van der Waals surface area contributed by atoms with Crippen LogP contribution in [0, 0.1) is 0 Å². The standard InChI is InChI=1S/C30H38O9/c1-3-6-24-27(12-10-23-25(31)15-18-38-30(23)24)37-17-14-21(4-2)39-26-11-9-22(36-16-5-7-28(32)33)19-20(26)8-13-29(34)35/h9-12,19,21H,3-8,13-18H2,1-2H3,(H,32,33)(H,34,35). The fraction of sp³-hybridized carbons (Fsp3) is 0.500. The molecule has 1 unspecified atom stereocenters. The molecule has 2 N–H and O–H groups in total. The summed E-state index contributed by atoms with van der Waals surface area (Å²) in [5, 5.41) is 18.0. The molecule has 2 aromatic rings. The van der Waals surface area contributed by atoms with Gasteiger partial charge in [0.1, 0.15) is 29.1 Å². The van der Waals surface area contributed by atoms with E-state index in [4.69, 9.17) is 24.1 Å². The van der Waals surface area contributed by atoms with Crippen LogP contribution < -0.4 is 18.9 Å². The minimum Gasteiger partial charge on any atom is -0.494 e. The molecule has 9 nitrogen and oxygen atoms in total. The molecule has 0 saturated carbocycles. The summed E-state index contributed by atoms with van der Waals surface area (Å²) >= 11 is 0. The van der Waals surface area contributed by atoms with Crippen LogP contribution in [0.2, 0.25) is 0 Å². The van der Waals surface area contributed by atoms with Crippen molar-refractivity contribution in [3.05, 3.63) is 47.0 Å². The molecule has 0 spiro atoms. The summed E-state index contributed by atoms with van der Waals surface area (Å²) < 4.78 is 23.9. The van der Waals surface area contributed by atoms with Gasteiger partial charge in [0, 0.05) is 31.2 Å². The van der Waals surface area contributed by atoms with Crippen molar-refractivity contribution in [1.82, 2.24) is 0 Å². The number of carboxylic acid groups (broad SMARTS) is 2. The van der Waals surface area contributed by atoms with E-state index in [1.165, 1.54) is 0 Å². The van der Waals surface area contributed by atoms with E-state index in [0.29, 0.717) is 66.6 Å². The van der Waals surface area contributed by atoms with Gasteiger partial charge in [0.15, 0.2) is 5.78 Å². The maximum Gasteiger partial charge on any atom is 0.303 e. The van der Waals surface area contributed by atoms with Crippen molar-refractivity contribution in [1.29, 1.82) is 0 Å². The van der Waals surface area contributed by atoms with Crippen LogP contribution in [-0.2, 0) is 22.4 Å². The molecule has 0 saturated heterocycles. The summed E-state index contributed by atoms with van der Waals surface area (Å²) in [5.41, 5.74) is 2.26. The average molecular weight is 543 g/mol. The molecule has 0 bridgehead atoms. The number of ether oxygens (including phenoxy) is 4. The van der Waals surface area contributed by atoms with Crippen LogP contribution in [0.25, 0.3) is 0 Å². The van der Waals surface area contributed by atoms with Crippen LogP contribution in [0.4, 0.5) is 0 Å². The Morgan fingerprint density at radius 2 is 1.74 bits per heavy atom. The number of rotatable bonds is 17. The molecule has 9 heteroatoms. The van der Waals surface area contributed by atoms with Crippen LogP contribution in [0.1, 0.15) is 80.3 Å². The van der Waals surface area contributed by atoms with E-state index in [-0.39, 0.29) is 37.8 Å². The zero-order valence-corrected chi connectivity index (χ0v) is 22.7. The Morgan fingerprint density at radius 1 is 0.974 bits per heavy atom. The van der Waals surface area contributed by atoms with Crippen molar-refractivity contribution in [2.24, 2.45) is 0 Å². The van der Waals surface area contributed by atoms with Crippen LogP contribution in [0.15, 0.2) is 30.3 Å². The normalized spacial score (nSPS) is 13.2. The Hall–Kier alpha value is -3.75. The van der Waals surface area contributed by atoms with Gasteiger partial charge < -0.3 is 29.2 Å². The summed E-state index contributed by atoms with van der Waals surface area (Å²) in [7, 11) is 0. The predicted molar refractivity (Wildman–Crippen MR) is 144 cm³/mol. The van der Waals surface area contributed by atoms with E-state index in [0.717, 1.165) is 24.8 Å². The first-order valence-corrected chi connectivity index (χ1v) is 13.6. The Morgan fingerprint density at radius 3 is 2.46 bits per heavy atom. The third-order valence-corrected chi connectivity index (χ3v) is 6.48. The second-order valence-electron chi connectivity index (χ2n) is 9.48. The second kappa shape index (κ2) is 15.0. The number of benzene rings is 2. The highest BCUT2D eigenvalue weighted by Gasteiger charge is 2.24. The molecule has 2 aromatic carbocycles. The van der Waals surface area contributed by atoms with E-state index in [1.807, 2.05) is 13.0 Å². The average Bonchev–Trinajstić information content (AvgIpc) is 2.91. The summed E-state index contributed by atoms with van der Waals surface area (Å²) in [5.74, 6) is 0.793. The van der Waals surface area contributed by atoms with Gasteiger partial charge >= 0.3 is 11.9 Å². The predicted octanol–water partition coefficient (Wildman–Crippen LogP) is 5.49. The van der Waals surface area contributed by atoms with Crippen LogP contribution >= 0.6 is 0 Å². The molecule has 1 heterocycles. The van der Waals surface area contributed by atoms with Gasteiger partial charge in [-0.15, -0.1) is 0 Å². The van der Waals surface area contributed by atoms with Crippen LogP contribution in [-0.4, -0.2) is 53.9 Å². The van der Waals surface area contributed by atoms with Crippen molar-refractivity contribution < 1.29 is 43.5 Å². The van der Waals surface area contributed by atoms with E-state index in [1.54, 1.807) is 24.3 Å². The number of fused-ring (bicyclic) bond motifs is 1. The minimum absolute atomic E-state index is 0.0177. The van der Waals surface area contributed by atoms with Gasteiger partial charge in [-0.2, -0.15) is 0 Å². The van der Waals surface area contributed by atoms with E-state index in [9.17, 15) is 19.5 Å². The van der Waals surface area contributed by atoms with Gasteiger partial charge in [-0.25, -0.2) is 0 Å². The summed E-state index contributed by atoms with van der Waals surface area (Å²) in [6.07, 6.45) is 3.80. The molecule has 0 aromatic heterocycles. The fourth-order valence-electron chi connectivity index (χ4n) is 4.43. The van der Waals surface area contributed by atoms with E-state index in [2.05, 4.69) is 6.92 Å². The van der Waals surface area contributed by atoms with Crippen LogP contribution in [0.3, 0.4) is 0 Å². The summed E-state index contributed by atoms with van der Waals surface area (Å²) in [6.45, 7) is 5.12. The molecule has 0 fully saturated rings. The molecular formula is C30H38O9. The maximum absolute atomic E-state index is 12.3. The number of Topliss-reactive ketones (excluding diaryl/α,β-unsaturated/α-hetero) is 1. The zero-order chi connectivity index (χ0) is 28.2. The van der Waals surface area contributed by atoms with Gasteiger partial charge in [-0.3, -0.25) is 14.4 Å². The van der Waals surface area contributed by atoms with E-state index >= 15 is 0 Å². The Bertz CT molecular complexity index is 1140. The third-order valence-electron chi connectivity index (χ3n) is 6.48. The Labute approximate surface area is 229 Å².